The lowest BCUT2D eigenvalue weighted by Gasteiger charge is -2.30. The molecule has 6 nitrogen and oxygen atoms in total. The molecule has 4 aromatic carbocycles. The fourth-order valence-electron chi connectivity index (χ4n) is 6.03. The molecule has 0 radical (unpaired) electrons. The van der Waals surface area contributed by atoms with Crippen LogP contribution in [0.5, 0.6) is 0 Å². The van der Waals surface area contributed by atoms with Gasteiger partial charge in [0.1, 0.15) is 6.04 Å². The predicted octanol–water partition coefficient (Wildman–Crippen LogP) is 6.37. The van der Waals surface area contributed by atoms with Gasteiger partial charge in [-0.25, -0.2) is 8.42 Å². The number of amides is 1. The number of Topliss-reactive ketones (excluding diaryl/α,β-unsaturated/α-hetero) is 1. The van der Waals surface area contributed by atoms with Crippen LogP contribution in [0.3, 0.4) is 0 Å². The lowest BCUT2D eigenvalue weighted by molar-refractivity contribution is -0.124. The Morgan fingerprint density at radius 1 is 0.762 bits per heavy atom. The maximum absolute atomic E-state index is 14.7. The molecule has 2 aliphatic rings. The monoisotopic (exact) mass is 642 g/mol. The molecule has 4 unspecified atom stereocenters. The molecule has 1 amide bonds. The van der Waals surface area contributed by atoms with Gasteiger partial charge in [0.05, 0.1) is 16.9 Å². The highest BCUT2D eigenvalue weighted by Crippen LogP contribution is 2.53. The first kappa shape index (κ1) is 28.5. The van der Waals surface area contributed by atoms with Crippen LogP contribution in [0.25, 0.3) is 0 Å². The van der Waals surface area contributed by atoms with Crippen LogP contribution >= 0.6 is 15.9 Å². The molecule has 1 N–H and O–H groups in total. The van der Waals surface area contributed by atoms with Gasteiger partial charge in [0.2, 0.25) is 15.9 Å². The van der Waals surface area contributed by atoms with E-state index in [4.69, 9.17) is 0 Å². The van der Waals surface area contributed by atoms with E-state index in [1.54, 1.807) is 36.4 Å². The molecule has 4 aromatic rings. The zero-order valence-electron chi connectivity index (χ0n) is 22.8. The van der Waals surface area contributed by atoms with Gasteiger partial charge < -0.3 is 5.32 Å². The van der Waals surface area contributed by atoms with Gasteiger partial charge in [0.15, 0.2) is 5.78 Å². The second-order valence-electron chi connectivity index (χ2n) is 11.0. The maximum Gasteiger partial charge on any atom is 0.244 e. The molecule has 0 bridgehead atoms. The molecule has 8 heteroatoms. The van der Waals surface area contributed by atoms with Gasteiger partial charge in [0.25, 0.3) is 0 Å². The first-order valence-corrected chi connectivity index (χ1v) is 16.4. The molecule has 1 saturated heterocycles. The van der Waals surface area contributed by atoms with Crippen LogP contribution in [0.4, 0.5) is 0 Å². The summed E-state index contributed by atoms with van der Waals surface area (Å²) in [4.78, 5) is 28.9. The molecule has 42 heavy (non-hydrogen) atoms. The van der Waals surface area contributed by atoms with Crippen molar-refractivity contribution in [3.63, 3.8) is 0 Å². The van der Waals surface area contributed by atoms with Gasteiger partial charge >= 0.3 is 0 Å². The smallest absolute Gasteiger partial charge is 0.244 e. The summed E-state index contributed by atoms with van der Waals surface area (Å²) >= 11 is 3.40. The lowest BCUT2D eigenvalue weighted by Crippen LogP contribution is -2.49. The van der Waals surface area contributed by atoms with E-state index in [1.165, 1.54) is 16.4 Å². The number of nitrogens with zero attached hydrogens (tertiary/aromatic N) is 1. The molecule has 1 aliphatic carbocycles. The second kappa shape index (κ2) is 12.0. The Morgan fingerprint density at radius 3 is 1.88 bits per heavy atom. The number of carbonyl (C=O) groups excluding carboxylic acids is 2. The fourth-order valence-corrected chi connectivity index (χ4v) is 8.10. The average Bonchev–Trinajstić information content (AvgIpc) is 3.79. The van der Waals surface area contributed by atoms with Crippen LogP contribution in [-0.2, 0) is 14.8 Å². The number of rotatable bonds is 9. The molecule has 1 saturated carbocycles. The van der Waals surface area contributed by atoms with E-state index in [0.717, 1.165) is 22.9 Å². The van der Waals surface area contributed by atoms with E-state index in [2.05, 4.69) is 21.2 Å². The Labute approximate surface area is 255 Å². The first-order valence-electron chi connectivity index (χ1n) is 14.1. The van der Waals surface area contributed by atoms with Gasteiger partial charge in [-0.15, -0.1) is 0 Å². The number of hydrogen-bond donors (Lipinski definition) is 1. The second-order valence-corrected chi connectivity index (χ2v) is 13.7. The Balaban J connectivity index is 1.60. The standard InChI is InChI=1S/C34H31BrN2O4S/c35-27-18-20-28(21-19-27)42(40,41)37-31(25-12-6-2-7-13-25)30(33(38)26-14-8-3-9-15-26)29(24-10-4-1-5-11-24)32(37)34(39)36-22-23-16-17-23/h1-15,18-21,23,29-32H,16-17,22H2,(H,36,39). The largest absolute Gasteiger partial charge is 0.354 e. The van der Waals surface area contributed by atoms with E-state index in [1.807, 2.05) is 66.7 Å². The van der Waals surface area contributed by atoms with Crippen LogP contribution in [0.15, 0.2) is 125 Å². The number of sulfonamides is 1. The van der Waals surface area contributed by atoms with E-state index in [9.17, 15) is 18.0 Å². The summed E-state index contributed by atoms with van der Waals surface area (Å²) in [5, 5.41) is 3.06. The van der Waals surface area contributed by atoms with Crippen LogP contribution < -0.4 is 5.32 Å². The highest BCUT2D eigenvalue weighted by atomic mass is 79.9. The number of carbonyl (C=O) groups is 2. The summed E-state index contributed by atoms with van der Waals surface area (Å²) in [5.41, 5.74) is 1.88. The molecular weight excluding hydrogens is 612 g/mol. The number of hydrogen-bond acceptors (Lipinski definition) is 4. The van der Waals surface area contributed by atoms with Crippen molar-refractivity contribution in [1.82, 2.24) is 9.62 Å². The molecule has 6 rings (SSSR count). The van der Waals surface area contributed by atoms with Crippen LogP contribution in [0.2, 0.25) is 0 Å². The number of nitrogens with one attached hydrogen (secondary N) is 1. The molecule has 0 aromatic heterocycles. The van der Waals surface area contributed by atoms with Gasteiger partial charge in [0, 0.05) is 22.5 Å². The topological polar surface area (TPSA) is 83.6 Å². The van der Waals surface area contributed by atoms with Crippen molar-refractivity contribution in [2.45, 2.75) is 35.7 Å². The minimum atomic E-state index is -4.26. The van der Waals surface area contributed by atoms with Crippen molar-refractivity contribution in [3.05, 3.63) is 136 Å². The fraction of sp³-hybridized carbons (Fsp3) is 0.235. The quantitative estimate of drug-likeness (QED) is 0.215. The Morgan fingerprint density at radius 2 is 1.31 bits per heavy atom. The number of ketones is 1. The van der Waals surface area contributed by atoms with E-state index >= 15 is 0 Å². The van der Waals surface area contributed by atoms with Crippen molar-refractivity contribution in [2.75, 3.05) is 6.54 Å². The van der Waals surface area contributed by atoms with Gasteiger partial charge in [-0.2, -0.15) is 4.31 Å². The van der Waals surface area contributed by atoms with Crippen LogP contribution in [0.1, 0.15) is 46.3 Å². The molecule has 0 spiro atoms. The summed E-state index contributed by atoms with van der Waals surface area (Å²) in [5.74, 6) is -1.78. The van der Waals surface area contributed by atoms with Crippen molar-refractivity contribution >= 4 is 37.6 Å². The van der Waals surface area contributed by atoms with E-state index < -0.39 is 33.9 Å². The van der Waals surface area contributed by atoms with Crippen molar-refractivity contribution < 1.29 is 18.0 Å². The number of halogens is 1. The molecule has 4 atom stereocenters. The molecule has 1 heterocycles. The Bertz CT molecular complexity index is 1660. The number of benzene rings is 4. The van der Waals surface area contributed by atoms with E-state index in [-0.39, 0.29) is 16.6 Å². The minimum absolute atomic E-state index is 0.0613. The molecule has 2 fully saturated rings. The third-order valence-electron chi connectivity index (χ3n) is 8.22. The van der Waals surface area contributed by atoms with Crippen molar-refractivity contribution in [3.8, 4) is 0 Å². The average molecular weight is 644 g/mol. The Kier molecular flexibility index (Phi) is 8.12. The summed E-state index contributed by atoms with van der Waals surface area (Å²) in [6.07, 6.45) is 2.07. The van der Waals surface area contributed by atoms with Gasteiger partial charge in [-0.05, 0) is 54.2 Å². The summed E-state index contributed by atoms with van der Waals surface area (Å²) in [6.45, 7) is 0.482. The van der Waals surface area contributed by atoms with Crippen molar-refractivity contribution in [1.29, 1.82) is 0 Å². The SMILES string of the molecule is O=C(c1ccccc1)C1C(c2ccccc2)C(C(=O)NCC2CC2)N(S(=O)(=O)c2ccc(Br)cc2)C1c1ccccc1. The first-order chi connectivity index (χ1) is 20.4. The zero-order valence-corrected chi connectivity index (χ0v) is 25.2. The predicted molar refractivity (Wildman–Crippen MR) is 165 cm³/mol. The normalized spacial score (nSPS) is 22.5. The third-order valence-corrected chi connectivity index (χ3v) is 10.6. The summed E-state index contributed by atoms with van der Waals surface area (Å²) < 4.78 is 31.4. The lowest BCUT2D eigenvalue weighted by atomic mass is 9.76. The highest BCUT2D eigenvalue weighted by Gasteiger charge is 2.59. The summed E-state index contributed by atoms with van der Waals surface area (Å²) in [7, 11) is -4.26. The zero-order chi connectivity index (χ0) is 29.3. The van der Waals surface area contributed by atoms with E-state index in [0.29, 0.717) is 23.6 Å². The minimum Gasteiger partial charge on any atom is -0.354 e. The maximum atomic E-state index is 14.7. The van der Waals surface area contributed by atoms with Gasteiger partial charge in [-0.1, -0.05) is 107 Å². The third kappa shape index (κ3) is 5.59. The summed E-state index contributed by atoms with van der Waals surface area (Å²) in [6, 6.07) is 31.8. The molecular formula is C34H31BrN2O4S. The molecule has 1 aliphatic heterocycles. The highest BCUT2D eigenvalue weighted by molar-refractivity contribution is 9.10. The van der Waals surface area contributed by atoms with Crippen LogP contribution in [-0.4, -0.2) is 37.0 Å². The van der Waals surface area contributed by atoms with Gasteiger partial charge in [-0.3, -0.25) is 9.59 Å². The molecule has 214 valence electrons. The van der Waals surface area contributed by atoms with Crippen molar-refractivity contribution in [2.24, 2.45) is 11.8 Å². The Hall–Kier alpha value is -3.59. The van der Waals surface area contributed by atoms with Crippen LogP contribution in [0, 0.1) is 11.8 Å².